The van der Waals surface area contributed by atoms with Crippen molar-refractivity contribution in [1.82, 2.24) is 19.8 Å². The molecule has 3 aromatic rings. The van der Waals surface area contributed by atoms with Crippen molar-refractivity contribution in [3.8, 4) is 0 Å². The Morgan fingerprint density at radius 2 is 2.00 bits per heavy atom. The third kappa shape index (κ3) is 4.48. The first-order valence-electron chi connectivity index (χ1n) is 11.4. The molecular weight excluding hydrogens is 422 g/mol. The van der Waals surface area contributed by atoms with Gasteiger partial charge in [0.05, 0.1) is 0 Å². The van der Waals surface area contributed by atoms with Crippen LogP contribution in [0.5, 0.6) is 0 Å². The zero-order chi connectivity index (χ0) is 22.8. The number of aromatic nitrogens is 2. The summed E-state index contributed by atoms with van der Waals surface area (Å²) in [5.74, 6) is -0.948. The fraction of sp³-hybridized carbons (Fsp3) is 0.417. The highest BCUT2D eigenvalue weighted by Gasteiger charge is 2.35. The quantitative estimate of drug-likeness (QED) is 0.543. The highest BCUT2D eigenvalue weighted by Crippen LogP contribution is 2.25. The highest BCUT2D eigenvalue weighted by molar-refractivity contribution is 5.80. The first kappa shape index (κ1) is 21.2. The topological polar surface area (TPSA) is 112 Å². The minimum Gasteiger partial charge on any atom is -0.481 e. The number of rotatable bonds is 8. The summed E-state index contributed by atoms with van der Waals surface area (Å²) >= 11 is 0. The van der Waals surface area contributed by atoms with Crippen molar-refractivity contribution in [2.45, 2.75) is 31.6 Å². The Balaban J connectivity index is 1.17. The molecule has 1 aromatic carbocycles. The smallest absolute Gasteiger partial charge is 0.320 e. The molecule has 0 saturated carbocycles. The van der Waals surface area contributed by atoms with Crippen molar-refractivity contribution in [1.29, 1.82) is 0 Å². The van der Waals surface area contributed by atoms with Crippen LogP contribution >= 0.6 is 0 Å². The van der Waals surface area contributed by atoms with E-state index in [-0.39, 0.29) is 18.5 Å². The molecule has 2 N–H and O–H groups in total. The third-order valence-corrected chi connectivity index (χ3v) is 6.30. The number of amides is 2. The number of aliphatic carboxylic acids is 1. The number of hydrogen-bond acceptors (Lipinski definition) is 6. The van der Waals surface area contributed by atoms with Crippen LogP contribution in [0.1, 0.15) is 35.9 Å². The largest absolute Gasteiger partial charge is 0.481 e. The Kier molecular flexibility index (Phi) is 5.85. The number of urea groups is 1. The summed E-state index contributed by atoms with van der Waals surface area (Å²) in [4.78, 5) is 37.2. The van der Waals surface area contributed by atoms with Gasteiger partial charge in [0.2, 0.25) is 5.89 Å². The molecule has 9 nitrogen and oxygen atoms in total. The number of carbonyl (C=O) groups excluding carboxylic acids is 1. The van der Waals surface area contributed by atoms with E-state index in [1.165, 1.54) is 5.56 Å². The van der Waals surface area contributed by atoms with E-state index < -0.39 is 11.9 Å². The summed E-state index contributed by atoms with van der Waals surface area (Å²) in [7, 11) is 0. The fourth-order valence-corrected chi connectivity index (χ4v) is 4.49. The number of benzene rings is 1. The maximum absolute atomic E-state index is 12.9. The predicted molar refractivity (Wildman–Crippen MR) is 122 cm³/mol. The zero-order valence-electron chi connectivity index (χ0n) is 18.4. The molecule has 2 amide bonds. The van der Waals surface area contributed by atoms with Crippen molar-refractivity contribution in [3.63, 3.8) is 0 Å². The van der Waals surface area contributed by atoms with Crippen molar-refractivity contribution in [2.24, 2.45) is 0 Å². The maximum atomic E-state index is 12.9. The van der Waals surface area contributed by atoms with Gasteiger partial charge in [-0.25, -0.2) is 14.8 Å². The molecular formula is C24H27N5O4. The normalized spacial score (nSPS) is 16.7. The lowest BCUT2D eigenvalue weighted by molar-refractivity contribution is -0.139. The van der Waals surface area contributed by atoms with Gasteiger partial charge in [0, 0.05) is 38.4 Å². The number of carboxylic acids is 1. The number of anilines is 1. The number of fused-ring (bicyclic) bond motifs is 2. The molecule has 172 valence electrons. The second-order valence-corrected chi connectivity index (χ2v) is 8.57. The summed E-state index contributed by atoms with van der Waals surface area (Å²) in [5, 5.41) is 13.1. The monoisotopic (exact) mass is 449 g/mol. The lowest BCUT2D eigenvalue weighted by atomic mass is 10.1. The van der Waals surface area contributed by atoms with Crippen LogP contribution in [0.4, 0.5) is 10.6 Å². The Hall–Kier alpha value is -3.62. The number of nitrogens with zero attached hydrogens (tertiary/aromatic N) is 4. The summed E-state index contributed by atoms with van der Waals surface area (Å²) < 4.78 is 5.66. The maximum Gasteiger partial charge on any atom is 0.320 e. The van der Waals surface area contributed by atoms with Gasteiger partial charge in [-0.1, -0.05) is 18.2 Å². The minimum absolute atomic E-state index is 0.0372. The predicted octanol–water partition coefficient (Wildman–Crippen LogP) is 3.12. The fourth-order valence-electron chi connectivity index (χ4n) is 4.49. The third-order valence-electron chi connectivity index (χ3n) is 6.30. The summed E-state index contributed by atoms with van der Waals surface area (Å²) in [6.45, 7) is 2.68. The Morgan fingerprint density at radius 1 is 1.15 bits per heavy atom. The van der Waals surface area contributed by atoms with Crippen molar-refractivity contribution < 1.29 is 19.1 Å². The molecule has 1 saturated heterocycles. The zero-order valence-corrected chi connectivity index (χ0v) is 18.4. The van der Waals surface area contributed by atoms with Crippen molar-refractivity contribution >= 4 is 28.9 Å². The van der Waals surface area contributed by atoms with Gasteiger partial charge >= 0.3 is 12.0 Å². The molecule has 33 heavy (non-hydrogen) atoms. The molecule has 0 aliphatic carbocycles. The molecule has 4 heterocycles. The molecule has 0 bridgehead atoms. The molecule has 2 aromatic heterocycles. The number of aryl methyl sites for hydroxylation is 2. The van der Waals surface area contributed by atoms with Gasteiger partial charge in [0.25, 0.3) is 0 Å². The second kappa shape index (κ2) is 9.09. The van der Waals surface area contributed by atoms with E-state index in [9.17, 15) is 14.7 Å². The number of nitrogens with one attached hydrogen (secondary N) is 1. The SMILES string of the molecule is O=C(O)[C@@H](CN1CCN(CCCc2ccc3c(n2)NCCC3)C1=O)c1nc2ccccc2o1. The molecule has 9 heteroatoms. The molecule has 5 rings (SSSR count). The lowest BCUT2D eigenvalue weighted by Crippen LogP contribution is -2.36. The van der Waals surface area contributed by atoms with Crippen molar-refractivity contribution in [2.75, 3.05) is 38.0 Å². The van der Waals surface area contributed by atoms with Crippen molar-refractivity contribution in [3.05, 3.63) is 53.5 Å². The van der Waals surface area contributed by atoms with Crippen LogP contribution in [0.2, 0.25) is 0 Å². The van der Waals surface area contributed by atoms with Crippen LogP contribution in [0.15, 0.2) is 40.8 Å². The molecule has 0 radical (unpaired) electrons. The summed E-state index contributed by atoms with van der Waals surface area (Å²) in [5.41, 5.74) is 3.44. The Labute approximate surface area is 191 Å². The molecule has 1 atom stereocenters. The highest BCUT2D eigenvalue weighted by atomic mass is 16.4. The van der Waals surface area contributed by atoms with Gasteiger partial charge < -0.3 is 24.6 Å². The second-order valence-electron chi connectivity index (χ2n) is 8.57. The van der Waals surface area contributed by atoms with Crippen LogP contribution in [0, 0.1) is 0 Å². The molecule has 2 aliphatic heterocycles. The Morgan fingerprint density at radius 3 is 2.85 bits per heavy atom. The van der Waals surface area contributed by atoms with E-state index in [0.29, 0.717) is 30.7 Å². The number of carboxylic acid groups (broad SMARTS) is 1. The van der Waals surface area contributed by atoms with Gasteiger partial charge in [-0.15, -0.1) is 0 Å². The number of carbonyl (C=O) groups is 2. The van der Waals surface area contributed by atoms with Crippen LogP contribution in [0.25, 0.3) is 11.1 Å². The molecule has 0 unspecified atom stereocenters. The van der Waals surface area contributed by atoms with E-state index in [2.05, 4.69) is 22.4 Å². The average Bonchev–Trinajstić information content (AvgIpc) is 3.40. The number of pyridine rings is 1. The first-order valence-corrected chi connectivity index (χ1v) is 11.4. The van der Waals surface area contributed by atoms with E-state index in [1.807, 2.05) is 12.1 Å². The van der Waals surface area contributed by atoms with Gasteiger partial charge in [-0.05, 0) is 49.4 Å². The van der Waals surface area contributed by atoms with Crippen LogP contribution in [-0.2, 0) is 17.6 Å². The number of para-hydroxylation sites is 2. The van der Waals surface area contributed by atoms with Crippen LogP contribution in [0.3, 0.4) is 0 Å². The lowest BCUT2D eigenvalue weighted by Gasteiger charge is -2.21. The van der Waals surface area contributed by atoms with Gasteiger partial charge in [0.1, 0.15) is 11.3 Å². The standard InChI is InChI=1S/C24H27N5O4/c30-23(31)18(22-27-19-7-1-2-8-20(19)33-22)15-29-14-13-28(24(29)32)12-4-6-17-10-9-16-5-3-11-25-21(16)26-17/h1-2,7-10,18H,3-6,11-15H2,(H,25,26)(H,30,31)/t18-/m0/s1. The number of hydrogen-bond donors (Lipinski definition) is 2. The van der Waals surface area contributed by atoms with Crippen LogP contribution < -0.4 is 5.32 Å². The summed E-state index contributed by atoms with van der Waals surface area (Å²) in [6, 6.07) is 11.2. The van der Waals surface area contributed by atoms with E-state index in [0.717, 1.165) is 43.7 Å². The van der Waals surface area contributed by atoms with Gasteiger partial charge in [0.15, 0.2) is 11.5 Å². The molecule has 1 fully saturated rings. The Bertz CT molecular complexity index is 1140. The summed E-state index contributed by atoms with van der Waals surface area (Å²) in [6.07, 6.45) is 3.80. The van der Waals surface area contributed by atoms with E-state index >= 15 is 0 Å². The van der Waals surface area contributed by atoms with E-state index in [4.69, 9.17) is 9.40 Å². The minimum atomic E-state index is -1.06. The van der Waals surface area contributed by atoms with Crippen LogP contribution in [-0.4, -0.2) is 69.6 Å². The first-order chi connectivity index (χ1) is 16.1. The van der Waals surface area contributed by atoms with Gasteiger partial charge in [-0.2, -0.15) is 0 Å². The molecule has 2 aliphatic rings. The average molecular weight is 450 g/mol. The number of oxazole rings is 1. The van der Waals surface area contributed by atoms with Gasteiger partial charge in [-0.3, -0.25) is 4.79 Å². The van der Waals surface area contributed by atoms with E-state index in [1.54, 1.807) is 21.9 Å². The molecule has 0 spiro atoms.